The number of pyridine rings is 1. The molecule has 0 aliphatic carbocycles. The quantitative estimate of drug-likeness (QED) is 0.621. The summed E-state index contributed by atoms with van der Waals surface area (Å²) < 4.78 is 21.7. The second kappa shape index (κ2) is 2.78. The fraction of sp³-hybridized carbons (Fsp3) is 0. The molecule has 0 saturated carbocycles. The van der Waals surface area contributed by atoms with E-state index in [1.54, 1.807) is 24.4 Å². The highest BCUT2D eigenvalue weighted by Crippen LogP contribution is 2.13. The second-order valence-electron chi connectivity index (χ2n) is 2.54. The van der Waals surface area contributed by atoms with Crippen LogP contribution in [0.1, 0.15) is 9.68 Å². The fourth-order valence-electron chi connectivity index (χ4n) is 1.15. The number of aromatic nitrogens is 1. The molecule has 0 aliphatic rings. The molecule has 0 fully saturated rings. The van der Waals surface area contributed by atoms with Gasteiger partial charge in [0.2, 0.25) is 0 Å². The Kier molecular flexibility index (Phi) is 1.02. The van der Waals surface area contributed by atoms with E-state index >= 15 is 0 Å². The third kappa shape index (κ3) is 1.10. The lowest BCUT2D eigenvalue weighted by Crippen LogP contribution is -1.77. The van der Waals surface area contributed by atoms with Crippen molar-refractivity contribution >= 4 is 17.0 Å². The van der Waals surface area contributed by atoms with Gasteiger partial charge in [-0.3, -0.25) is 4.98 Å². The lowest BCUT2D eigenvalue weighted by atomic mass is 10.1. The van der Waals surface area contributed by atoms with E-state index in [-0.39, 0.29) is 6.05 Å². The average molecular weight is 158 g/mol. The minimum atomic E-state index is -0.474. The highest BCUT2D eigenvalue weighted by atomic mass is 14.6. The molecule has 0 bridgehead atoms. The lowest BCUT2D eigenvalue weighted by Gasteiger charge is -1.96. The maximum atomic E-state index is 7.53. The Hall–Kier alpha value is -1.63. The normalized spacial score (nSPS) is 13.2. The number of fused-ring (bicyclic) bond motifs is 1. The van der Waals surface area contributed by atoms with Crippen molar-refractivity contribution in [1.29, 1.82) is 0 Å². The SMILES string of the molecule is [2H]C([2H])=C([2H])c1ccc2ncccc2c1. The van der Waals surface area contributed by atoms with Crippen LogP contribution in [-0.4, -0.2) is 4.98 Å². The maximum Gasteiger partial charge on any atom is 0.0702 e. The van der Waals surface area contributed by atoms with Gasteiger partial charge in [-0.15, -0.1) is 0 Å². The molecule has 0 unspecified atom stereocenters. The summed E-state index contributed by atoms with van der Waals surface area (Å²) in [5, 5.41) is 0.918. The number of nitrogens with zero attached hydrogens (tertiary/aromatic N) is 1. The summed E-state index contributed by atoms with van der Waals surface area (Å²) in [6, 6.07) is 8.92. The van der Waals surface area contributed by atoms with E-state index in [1.807, 2.05) is 12.1 Å². The molecule has 0 amide bonds. The van der Waals surface area contributed by atoms with E-state index < -0.39 is 6.53 Å². The number of hydrogen-bond acceptors (Lipinski definition) is 1. The van der Waals surface area contributed by atoms with Crippen molar-refractivity contribution < 1.29 is 4.11 Å². The van der Waals surface area contributed by atoms with Gasteiger partial charge in [-0.05, 0) is 23.8 Å². The van der Waals surface area contributed by atoms with Crippen LogP contribution >= 0.6 is 0 Å². The lowest BCUT2D eigenvalue weighted by molar-refractivity contribution is 1.41. The first-order valence-corrected chi connectivity index (χ1v) is 3.68. The van der Waals surface area contributed by atoms with E-state index in [0.717, 1.165) is 10.9 Å². The van der Waals surface area contributed by atoms with Gasteiger partial charge in [0.05, 0.1) is 9.63 Å². The van der Waals surface area contributed by atoms with E-state index in [1.165, 1.54) is 0 Å². The summed E-state index contributed by atoms with van der Waals surface area (Å²) in [4.78, 5) is 4.16. The smallest absolute Gasteiger partial charge is 0.0702 e. The molecular formula is C11H9N. The second-order valence-corrected chi connectivity index (χ2v) is 2.54. The van der Waals surface area contributed by atoms with Gasteiger partial charge in [-0.1, -0.05) is 24.7 Å². The summed E-state index contributed by atoms with van der Waals surface area (Å²) in [5.41, 5.74) is 1.43. The van der Waals surface area contributed by atoms with Crippen LogP contribution in [0.25, 0.3) is 17.0 Å². The number of rotatable bonds is 1. The molecule has 0 spiro atoms. The molecule has 0 atom stereocenters. The van der Waals surface area contributed by atoms with Crippen LogP contribution in [0, 0.1) is 0 Å². The molecular weight excluding hydrogens is 146 g/mol. The van der Waals surface area contributed by atoms with Crippen molar-refractivity contribution in [2.75, 3.05) is 0 Å². The third-order valence-corrected chi connectivity index (χ3v) is 1.75. The van der Waals surface area contributed by atoms with Crippen molar-refractivity contribution in [2.24, 2.45) is 0 Å². The molecule has 58 valence electrons. The Morgan fingerprint density at radius 2 is 2.50 bits per heavy atom. The van der Waals surface area contributed by atoms with Crippen LogP contribution < -0.4 is 0 Å². The molecule has 0 radical (unpaired) electrons. The molecule has 1 nitrogen and oxygen atoms in total. The summed E-state index contributed by atoms with van der Waals surface area (Å²) in [6.45, 7) is -0.474. The van der Waals surface area contributed by atoms with Crippen LogP contribution in [0.5, 0.6) is 0 Å². The Morgan fingerprint density at radius 1 is 1.50 bits per heavy atom. The van der Waals surface area contributed by atoms with Crippen LogP contribution in [0.3, 0.4) is 0 Å². The number of hydrogen-bond donors (Lipinski definition) is 0. The topological polar surface area (TPSA) is 12.9 Å². The molecule has 1 heterocycles. The van der Waals surface area contributed by atoms with E-state index in [4.69, 9.17) is 4.11 Å². The molecule has 0 aliphatic heterocycles. The zero-order valence-corrected chi connectivity index (χ0v) is 6.41. The van der Waals surface area contributed by atoms with E-state index in [9.17, 15) is 0 Å². The van der Waals surface area contributed by atoms with Gasteiger partial charge in [-0.2, -0.15) is 0 Å². The van der Waals surface area contributed by atoms with Crippen LogP contribution in [0.4, 0.5) is 0 Å². The van der Waals surface area contributed by atoms with Gasteiger partial charge in [-0.25, -0.2) is 0 Å². The Labute approximate surface area is 75.6 Å². The van der Waals surface area contributed by atoms with E-state index in [0.29, 0.717) is 5.56 Å². The minimum absolute atomic E-state index is 0.0687. The first kappa shape index (κ1) is 4.41. The minimum Gasteiger partial charge on any atom is -0.256 e. The van der Waals surface area contributed by atoms with Crippen LogP contribution in [0.2, 0.25) is 0 Å². The third-order valence-electron chi connectivity index (χ3n) is 1.75. The molecule has 0 N–H and O–H groups in total. The standard InChI is InChI=1S/C11H9N/c1-2-9-5-6-11-10(8-9)4-3-7-12-11/h2-8H,1H2/i1D2,2D. The van der Waals surface area contributed by atoms with Crippen molar-refractivity contribution in [3.63, 3.8) is 0 Å². The van der Waals surface area contributed by atoms with Gasteiger partial charge < -0.3 is 0 Å². The van der Waals surface area contributed by atoms with Crippen molar-refractivity contribution in [3.8, 4) is 0 Å². The average Bonchev–Trinajstić information content (AvgIpc) is 2.27. The highest BCUT2D eigenvalue weighted by molar-refractivity contribution is 5.80. The summed E-state index contributed by atoms with van der Waals surface area (Å²) in [6.07, 6.45) is 1.71. The summed E-state index contributed by atoms with van der Waals surface area (Å²) in [7, 11) is 0. The molecule has 0 saturated heterocycles. The molecule has 1 aromatic carbocycles. The molecule has 1 aromatic heterocycles. The van der Waals surface area contributed by atoms with Gasteiger partial charge >= 0.3 is 0 Å². The van der Waals surface area contributed by atoms with E-state index in [2.05, 4.69) is 4.98 Å². The Morgan fingerprint density at radius 3 is 3.42 bits per heavy atom. The molecule has 12 heavy (non-hydrogen) atoms. The van der Waals surface area contributed by atoms with Crippen molar-refractivity contribution in [3.05, 3.63) is 48.6 Å². The Balaban J connectivity index is 2.62. The monoisotopic (exact) mass is 158 g/mol. The highest BCUT2D eigenvalue weighted by Gasteiger charge is 1.92. The first-order chi connectivity index (χ1) is 7.18. The van der Waals surface area contributed by atoms with Crippen molar-refractivity contribution in [2.45, 2.75) is 0 Å². The molecule has 1 heteroatoms. The zero-order valence-electron chi connectivity index (χ0n) is 9.41. The molecule has 2 rings (SSSR count). The van der Waals surface area contributed by atoms with Gasteiger partial charge in [0.15, 0.2) is 0 Å². The predicted octanol–water partition coefficient (Wildman–Crippen LogP) is 2.88. The number of benzene rings is 1. The van der Waals surface area contributed by atoms with Crippen molar-refractivity contribution in [1.82, 2.24) is 4.98 Å². The largest absolute Gasteiger partial charge is 0.256 e. The first-order valence-electron chi connectivity index (χ1n) is 5.18. The predicted molar refractivity (Wildman–Crippen MR) is 51.8 cm³/mol. The van der Waals surface area contributed by atoms with Crippen LogP contribution in [-0.2, 0) is 0 Å². The van der Waals surface area contributed by atoms with Gasteiger partial charge in [0.25, 0.3) is 0 Å². The zero-order chi connectivity index (χ0) is 10.8. The maximum absolute atomic E-state index is 7.53. The van der Waals surface area contributed by atoms with Crippen LogP contribution in [0.15, 0.2) is 43.1 Å². The van der Waals surface area contributed by atoms with Gasteiger partial charge in [0.1, 0.15) is 0 Å². The summed E-state index contributed by atoms with van der Waals surface area (Å²) >= 11 is 0. The Bertz CT molecular complexity index is 530. The van der Waals surface area contributed by atoms with Gasteiger partial charge in [0, 0.05) is 11.6 Å². The fourth-order valence-corrected chi connectivity index (χ4v) is 1.15. The summed E-state index contributed by atoms with van der Waals surface area (Å²) in [5.74, 6) is 0. The molecule has 2 aromatic rings.